The Bertz CT molecular complexity index is 175. The first kappa shape index (κ1) is 11.9. The smallest absolute Gasteiger partial charge is 0.186 e. The Kier molecular flexibility index (Phi) is 4.28. The molecule has 0 amide bonds. The van der Waals surface area contributed by atoms with Crippen molar-refractivity contribution < 1.29 is 24.8 Å². The number of rotatable bonds is 3. The fourth-order valence-corrected chi connectivity index (χ4v) is 1.22. The molecule has 0 bridgehead atoms. The molecule has 0 aromatic rings. The maximum Gasteiger partial charge on any atom is 0.186 e. The SMILES string of the molecule is CCC(C)O[C@@H]1OC[C@H](O)[C@H](O)C1O. The van der Waals surface area contributed by atoms with E-state index in [2.05, 4.69) is 0 Å². The van der Waals surface area contributed by atoms with Gasteiger partial charge in [-0.25, -0.2) is 0 Å². The van der Waals surface area contributed by atoms with E-state index in [-0.39, 0.29) is 12.7 Å². The minimum atomic E-state index is -1.20. The van der Waals surface area contributed by atoms with Gasteiger partial charge in [0.2, 0.25) is 0 Å². The molecule has 84 valence electrons. The third-order valence-electron chi connectivity index (χ3n) is 2.40. The van der Waals surface area contributed by atoms with Crippen LogP contribution in [0.5, 0.6) is 0 Å². The van der Waals surface area contributed by atoms with Crippen molar-refractivity contribution in [3.63, 3.8) is 0 Å². The Morgan fingerprint density at radius 3 is 2.57 bits per heavy atom. The van der Waals surface area contributed by atoms with Gasteiger partial charge in [-0.15, -0.1) is 0 Å². The van der Waals surface area contributed by atoms with Gasteiger partial charge in [-0.05, 0) is 13.3 Å². The summed E-state index contributed by atoms with van der Waals surface area (Å²) in [6.45, 7) is 3.79. The summed E-state index contributed by atoms with van der Waals surface area (Å²) < 4.78 is 10.4. The lowest BCUT2D eigenvalue weighted by Crippen LogP contribution is -2.54. The van der Waals surface area contributed by atoms with Gasteiger partial charge in [0.15, 0.2) is 6.29 Å². The van der Waals surface area contributed by atoms with Crippen LogP contribution >= 0.6 is 0 Å². The molecule has 5 atom stereocenters. The van der Waals surface area contributed by atoms with Crippen LogP contribution < -0.4 is 0 Å². The monoisotopic (exact) mass is 206 g/mol. The Balaban J connectivity index is 2.46. The summed E-state index contributed by atoms with van der Waals surface area (Å²) in [5.41, 5.74) is 0. The van der Waals surface area contributed by atoms with Crippen LogP contribution in [0.25, 0.3) is 0 Å². The second-order valence-corrected chi connectivity index (χ2v) is 3.61. The Hall–Kier alpha value is -0.200. The molecule has 0 radical (unpaired) electrons. The van der Waals surface area contributed by atoms with Crippen LogP contribution in [0.4, 0.5) is 0 Å². The van der Waals surface area contributed by atoms with Gasteiger partial charge in [0.25, 0.3) is 0 Å². The highest BCUT2D eigenvalue weighted by Gasteiger charge is 2.38. The largest absolute Gasteiger partial charge is 0.388 e. The maximum absolute atomic E-state index is 9.49. The highest BCUT2D eigenvalue weighted by molar-refractivity contribution is 4.82. The fourth-order valence-electron chi connectivity index (χ4n) is 1.22. The van der Waals surface area contributed by atoms with Crippen LogP contribution in [0.2, 0.25) is 0 Å². The Labute approximate surface area is 83.3 Å². The van der Waals surface area contributed by atoms with E-state index in [1.54, 1.807) is 0 Å². The van der Waals surface area contributed by atoms with Crippen molar-refractivity contribution in [3.05, 3.63) is 0 Å². The first-order valence-electron chi connectivity index (χ1n) is 4.87. The van der Waals surface area contributed by atoms with Gasteiger partial charge in [0, 0.05) is 0 Å². The number of hydrogen-bond donors (Lipinski definition) is 3. The molecule has 1 rings (SSSR count). The zero-order valence-electron chi connectivity index (χ0n) is 8.46. The molecule has 1 aliphatic heterocycles. The van der Waals surface area contributed by atoms with Gasteiger partial charge in [0.05, 0.1) is 12.7 Å². The lowest BCUT2D eigenvalue weighted by molar-refractivity contribution is -0.280. The van der Waals surface area contributed by atoms with E-state index in [1.165, 1.54) is 0 Å². The van der Waals surface area contributed by atoms with Crippen molar-refractivity contribution in [1.29, 1.82) is 0 Å². The van der Waals surface area contributed by atoms with Gasteiger partial charge in [-0.2, -0.15) is 0 Å². The molecular formula is C9H18O5. The minimum Gasteiger partial charge on any atom is -0.388 e. The zero-order chi connectivity index (χ0) is 10.7. The molecular weight excluding hydrogens is 188 g/mol. The first-order chi connectivity index (χ1) is 6.56. The van der Waals surface area contributed by atoms with Gasteiger partial charge in [-0.3, -0.25) is 0 Å². The van der Waals surface area contributed by atoms with Crippen molar-refractivity contribution in [2.24, 2.45) is 0 Å². The Morgan fingerprint density at radius 2 is 2.00 bits per heavy atom. The summed E-state index contributed by atoms with van der Waals surface area (Å²) in [6.07, 6.45) is -3.52. The van der Waals surface area contributed by atoms with Crippen molar-refractivity contribution in [1.82, 2.24) is 0 Å². The van der Waals surface area contributed by atoms with Crippen LogP contribution in [0, 0.1) is 0 Å². The summed E-state index contributed by atoms with van der Waals surface area (Å²) >= 11 is 0. The molecule has 0 spiro atoms. The van der Waals surface area contributed by atoms with E-state index in [9.17, 15) is 10.2 Å². The van der Waals surface area contributed by atoms with E-state index < -0.39 is 24.6 Å². The van der Waals surface area contributed by atoms with Gasteiger partial charge >= 0.3 is 0 Å². The zero-order valence-corrected chi connectivity index (χ0v) is 8.46. The average molecular weight is 206 g/mol. The molecule has 1 fully saturated rings. The lowest BCUT2D eigenvalue weighted by Gasteiger charge is -2.36. The molecule has 1 heterocycles. The normalized spacial score (nSPS) is 40.9. The molecule has 14 heavy (non-hydrogen) atoms. The standard InChI is InChI=1S/C9H18O5/c1-3-5(2)14-9-8(12)7(11)6(10)4-13-9/h5-12H,3-4H2,1-2H3/t5?,6-,7-,8?,9-/m0/s1. The third kappa shape index (κ3) is 2.65. The first-order valence-corrected chi connectivity index (χ1v) is 4.87. The molecule has 0 aliphatic carbocycles. The second kappa shape index (κ2) is 5.04. The number of aliphatic hydroxyl groups is 3. The van der Waals surface area contributed by atoms with E-state index in [4.69, 9.17) is 14.6 Å². The quantitative estimate of drug-likeness (QED) is 0.565. The number of ether oxygens (including phenoxy) is 2. The molecule has 0 aromatic carbocycles. The van der Waals surface area contributed by atoms with E-state index in [0.717, 1.165) is 6.42 Å². The highest BCUT2D eigenvalue weighted by Crippen LogP contribution is 2.18. The van der Waals surface area contributed by atoms with E-state index in [0.29, 0.717) is 0 Å². The molecule has 0 aromatic heterocycles. The number of aliphatic hydroxyl groups excluding tert-OH is 3. The predicted molar refractivity (Wildman–Crippen MR) is 48.6 cm³/mol. The summed E-state index contributed by atoms with van der Waals surface area (Å²) in [7, 11) is 0. The Morgan fingerprint density at radius 1 is 1.36 bits per heavy atom. The van der Waals surface area contributed by atoms with Crippen LogP contribution in [0.1, 0.15) is 20.3 Å². The van der Waals surface area contributed by atoms with Crippen LogP contribution in [0.15, 0.2) is 0 Å². The number of hydrogen-bond acceptors (Lipinski definition) is 5. The predicted octanol–water partition coefficient (Wildman–Crippen LogP) is -0.760. The summed E-state index contributed by atoms with van der Waals surface area (Å²) in [5.74, 6) is 0. The molecule has 1 saturated heterocycles. The van der Waals surface area contributed by atoms with Crippen LogP contribution in [-0.4, -0.2) is 52.6 Å². The summed E-state index contributed by atoms with van der Waals surface area (Å²) in [5, 5.41) is 28.0. The van der Waals surface area contributed by atoms with E-state index in [1.807, 2.05) is 13.8 Å². The molecule has 0 saturated carbocycles. The summed E-state index contributed by atoms with van der Waals surface area (Å²) in [4.78, 5) is 0. The minimum absolute atomic E-state index is 0.0146. The van der Waals surface area contributed by atoms with Crippen molar-refractivity contribution in [2.75, 3.05) is 6.61 Å². The van der Waals surface area contributed by atoms with Gasteiger partial charge in [0.1, 0.15) is 18.3 Å². The van der Waals surface area contributed by atoms with Crippen molar-refractivity contribution >= 4 is 0 Å². The van der Waals surface area contributed by atoms with Crippen LogP contribution in [-0.2, 0) is 9.47 Å². The maximum atomic E-state index is 9.49. The van der Waals surface area contributed by atoms with E-state index >= 15 is 0 Å². The topological polar surface area (TPSA) is 79.2 Å². The summed E-state index contributed by atoms with van der Waals surface area (Å²) in [6, 6.07) is 0. The average Bonchev–Trinajstić information content (AvgIpc) is 2.19. The molecule has 2 unspecified atom stereocenters. The van der Waals surface area contributed by atoms with Crippen molar-refractivity contribution in [2.45, 2.75) is 51.0 Å². The van der Waals surface area contributed by atoms with Crippen LogP contribution in [0.3, 0.4) is 0 Å². The van der Waals surface area contributed by atoms with Gasteiger partial charge < -0.3 is 24.8 Å². The van der Waals surface area contributed by atoms with Gasteiger partial charge in [-0.1, -0.05) is 6.92 Å². The molecule has 5 heteroatoms. The fraction of sp³-hybridized carbons (Fsp3) is 1.00. The highest BCUT2D eigenvalue weighted by atomic mass is 16.7. The van der Waals surface area contributed by atoms with Crippen molar-refractivity contribution in [3.8, 4) is 0 Å². The molecule has 3 N–H and O–H groups in total. The lowest BCUT2D eigenvalue weighted by atomic mass is 10.1. The molecule has 1 aliphatic rings. The second-order valence-electron chi connectivity index (χ2n) is 3.61. The third-order valence-corrected chi connectivity index (χ3v) is 2.40. The molecule has 5 nitrogen and oxygen atoms in total.